The average Bonchev–Trinajstić information content (AvgIpc) is 2.82. The Labute approximate surface area is 200 Å². The van der Waals surface area contributed by atoms with Gasteiger partial charge in [0.25, 0.3) is 0 Å². The molecule has 1 saturated heterocycles. The van der Waals surface area contributed by atoms with E-state index in [1.165, 1.54) is 11.4 Å². The van der Waals surface area contributed by atoms with Crippen molar-refractivity contribution in [3.05, 3.63) is 42.0 Å². The van der Waals surface area contributed by atoms with E-state index in [0.29, 0.717) is 25.7 Å². The van der Waals surface area contributed by atoms with Gasteiger partial charge in [0.1, 0.15) is 0 Å². The van der Waals surface area contributed by atoms with Gasteiger partial charge in [-0.2, -0.15) is 13.2 Å². The summed E-state index contributed by atoms with van der Waals surface area (Å²) in [4.78, 5) is 2.22. The van der Waals surface area contributed by atoms with Gasteiger partial charge in [-0.1, -0.05) is 12.2 Å². The van der Waals surface area contributed by atoms with Crippen molar-refractivity contribution in [2.45, 2.75) is 36.8 Å². The minimum absolute atomic E-state index is 0.119. The maximum absolute atomic E-state index is 12.8. The predicted molar refractivity (Wildman–Crippen MR) is 124 cm³/mol. The van der Waals surface area contributed by atoms with E-state index in [1.54, 1.807) is 0 Å². The van der Waals surface area contributed by atoms with Gasteiger partial charge in [-0.05, 0) is 61.8 Å². The van der Waals surface area contributed by atoms with Gasteiger partial charge in [0.05, 0.1) is 30.3 Å². The number of benzene rings is 1. The molecule has 0 spiro atoms. The lowest BCUT2D eigenvalue weighted by molar-refractivity contribution is -0.137. The summed E-state index contributed by atoms with van der Waals surface area (Å²) in [7, 11) is -2.33. The van der Waals surface area contributed by atoms with Gasteiger partial charge in [-0.15, -0.1) is 0 Å². The molecule has 1 heterocycles. The second-order valence-corrected chi connectivity index (χ2v) is 11.2. The van der Waals surface area contributed by atoms with Crippen LogP contribution in [0.1, 0.15) is 31.2 Å². The van der Waals surface area contributed by atoms with Gasteiger partial charge >= 0.3 is 6.18 Å². The predicted octanol–water partition coefficient (Wildman–Crippen LogP) is 4.04. The van der Waals surface area contributed by atoms with Crippen molar-refractivity contribution in [2.75, 3.05) is 59.7 Å². The molecule has 0 N–H and O–H groups in total. The largest absolute Gasteiger partial charge is 0.416 e. The first kappa shape index (κ1) is 27.1. The first-order valence-electron chi connectivity index (χ1n) is 11.8. The Morgan fingerprint density at radius 1 is 1.06 bits per heavy atom. The molecule has 10 heteroatoms. The van der Waals surface area contributed by atoms with Crippen LogP contribution in [0.5, 0.6) is 0 Å². The second kappa shape index (κ2) is 12.5. The number of hydrogen-bond donors (Lipinski definition) is 0. The van der Waals surface area contributed by atoms with Crippen LogP contribution < -0.4 is 0 Å². The summed E-state index contributed by atoms with van der Waals surface area (Å²) in [6, 6.07) is 3.67. The number of rotatable bonds is 10. The quantitative estimate of drug-likeness (QED) is 0.356. The van der Waals surface area contributed by atoms with E-state index in [0.717, 1.165) is 82.8 Å². The summed E-state index contributed by atoms with van der Waals surface area (Å²) in [6.45, 7) is 6.10. The number of halogens is 3. The maximum Gasteiger partial charge on any atom is 0.416 e. The number of ether oxygens (including phenoxy) is 2. The third-order valence-electron chi connectivity index (χ3n) is 6.57. The van der Waals surface area contributed by atoms with Crippen LogP contribution in [-0.2, 0) is 25.7 Å². The molecule has 1 aliphatic heterocycles. The fraction of sp³-hybridized carbons (Fsp3) is 0.667. The monoisotopic (exact) mass is 504 g/mol. The third kappa shape index (κ3) is 8.05. The Balaban J connectivity index is 1.35. The van der Waals surface area contributed by atoms with Gasteiger partial charge in [-0.25, -0.2) is 12.7 Å². The van der Waals surface area contributed by atoms with Gasteiger partial charge in [0.15, 0.2) is 0 Å². The summed E-state index contributed by atoms with van der Waals surface area (Å²) in [5.41, 5.74) is -0.859. The van der Waals surface area contributed by atoms with Crippen molar-refractivity contribution >= 4 is 10.0 Å². The van der Waals surface area contributed by atoms with Crippen LogP contribution in [0.3, 0.4) is 0 Å². The molecule has 1 aliphatic carbocycles. The van der Waals surface area contributed by atoms with E-state index >= 15 is 0 Å². The second-order valence-electron chi connectivity index (χ2n) is 9.12. The van der Waals surface area contributed by atoms with E-state index in [9.17, 15) is 21.6 Å². The first-order chi connectivity index (χ1) is 16.2. The van der Waals surface area contributed by atoms with Gasteiger partial charge < -0.3 is 9.47 Å². The fourth-order valence-corrected chi connectivity index (χ4v) is 5.66. The zero-order chi connectivity index (χ0) is 24.6. The molecule has 0 radical (unpaired) electrons. The lowest BCUT2D eigenvalue weighted by atomic mass is 9.82. The molecule has 6 nitrogen and oxygen atoms in total. The number of nitrogens with zero attached hydrogens (tertiary/aromatic N) is 2. The van der Waals surface area contributed by atoms with Crippen LogP contribution >= 0.6 is 0 Å². The van der Waals surface area contributed by atoms with Crippen molar-refractivity contribution < 1.29 is 31.1 Å². The SMILES string of the molecule is CN(CC1CCC(COCC=CCN2CCOCC2)CC1)S(=O)(=O)c1ccc(C(F)(F)F)cc1. The minimum Gasteiger partial charge on any atom is -0.379 e. The molecule has 192 valence electrons. The van der Waals surface area contributed by atoms with E-state index < -0.39 is 21.8 Å². The van der Waals surface area contributed by atoms with Crippen molar-refractivity contribution in [1.82, 2.24) is 9.21 Å². The Morgan fingerprint density at radius 3 is 2.29 bits per heavy atom. The molecule has 1 saturated carbocycles. The number of hydrogen-bond acceptors (Lipinski definition) is 5. The summed E-state index contributed by atoms with van der Waals surface area (Å²) in [5, 5.41) is 0. The number of sulfonamides is 1. The molecule has 0 amide bonds. The van der Waals surface area contributed by atoms with E-state index in [2.05, 4.69) is 17.1 Å². The van der Waals surface area contributed by atoms with Crippen LogP contribution in [-0.4, -0.2) is 77.3 Å². The molecule has 0 unspecified atom stereocenters. The molecule has 2 aliphatic rings. The summed E-state index contributed by atoms with van der Waals surface area (Å²) in [6.07, 6.45) is 3.49. The van der Waals surface area contributed by atoms with E-state index in [4.69, 9.17) is 9.47 Å². The summed E-state index contributed by atoms with van der Waals surface area (Å²) >= 11 is 0. The van der Waals surface area contributed by atoms with Crippen molar-refractivity contribution in [1.29, 1.82) is 0 Å². The Morgan fingerprint density at radius 2 is 1.68 bits per heavy atom. The van der Waals surface area contributed by atoms with Gasteiger partial charge in [-0.3, -0.25) is 4.90 Å². The summed E-state index contributed by atoms with van der Waals surface area (Å²) in [5.74, 6) is 0.708. The fourth-order valence-electron chi connectivity index (χ4n) is 4.42. The lowest BCUT2D eigenvalue weighted by Gasteiger charge is -2.31. The lowest BCUT2D eigenvalue weighted by Crippen LogP contribution is -2.36. The molecular weight excluding hydrogens is 469 g/mol. The van der Waals surface area contributed by atoms with Gasteiger partial charge in [0.2, 0.25) is 10.0 Å². The smallest absolute Gasteiger partial charge is 0.379 e. The number of alkyl halides is 3. The zero-order valence-corrected chi connectivity index (χ0v) is 20.5. The standard InChI is InChI=1S/C24H35F3N2O4S/c1-28(34(30,31)23-10-8-22(9-11-23)24(25,26)27)18-20-4-6-21(7-5-20)19-33-15-3-2-12-29-13-16-32-17-14-29/h2-3,8-11,20-21H,4-7,12-19H2,1H3. The zero-order valence-electron chi connectivity index (χ0n) is 19.7. The minimum atomic E-state index is -4.49. The topological polar surface area (TPSA) is 59.1 Å². The van der Waals surface area contributed by atoms with Crippen LogP contribution in [0.2, 0.25) is 0 Å². The van der Waals surface area contributed by atoms with E-state index in [-0.39, 0.29) is 10.8 Å². The maximum atomic E-state index is 12.8. The van der Waals surface area contributed by atoms with Crippen LogP contribution in [0.25, 0.3) is 0 Å². The van der Waals surface area contributed by atoms with Crippen molar-refractivity contribution in [3.63, 3.8) is 0 Å². The van der Waals surface area contributed by atoms with Crippen molar-refractivity contribution in [3.8, 4) is 0 Å². The molecule has 0 aromatic heterocycles. The average molecular weight is 505 g/mol. The Bertz CT molecular complexity index is 876. The molecule has 1 aromatic carbocycles. The first-order valence-corrected chi connectivity index (χ1v) is 13.3. The molecule has 2 fully saturated rings. The van der Waals surface area contributed by atoms with Crippen LogP contribution in [0.4, 0.5) is 13.2 Å². The molecule has 0 bridgehead atoms. The van der Waals surface area contributed by atoms with Gasteiger partial charge in [0, 0.05) is 39.8 Å². The Hall–Kier alpha value is -1.46. The molecule has 34 heavy (non-hydrogen) atoms. The van der Waals surface area contributed by atoms with E-state index in [1.807, 2.05) is 0 Å². The molecular formula is C24H35F3N2O4S. The molecule has 1 aromatic rings. The highest BCUT2D eigenvalue weighted by molar-refractivity contribution is 7.89. The molecule has 0 atom stereocenters. The molecule has 3 rings (SSSR count). The Kier molecular flexibility index (Phi) is 9.96. The highest BCUT2D eigenvalue weighted by Gasteiger charge is 2.32. The van der Waals surface area contributed by atoms with Crippen molar-refractivity contribution in [2.24, 2.45) is 11.8 Å². The van der Waals surface area contributed by atoms with Crippen LogP contribution in [0.15, 0.2) is 41.3 Å². The number of morpholine rings is 1. The van der Waals surface area contributed by atoms with Crippen LogP contribution in [0, 0.1) is 11.8 Å². The normalized spacial score (nSPS) is 23.1. The highest BCUT2D eigenvalue weighted by atomic mass is 32.2. The third-order valence-corrected chi connectivity index (χ3v) is 8.41. The summed E-state index contributed by atoms with van der Waals surface area (Å²) < 4.78 is 76.2. The highest BCUT2D eigenvalue weighted by Crippen LogP contribution is 2.32.